The monoisotopic (exact) mass is 185 g/mol. The molecular weight excluding hydrogens is 170 g/mol. The van der Waals surface area contributed by atoms with Gasteiger partial charge in [-0.2, -0.15) is 5.10 Å². The van der Waals surface area contributed by atoms with E-state index in [4.69, 9.17) is 5.73 Å². The normalized spacial score (nSPS) is 24.3. The molecule has 0 radical (unpaired) electrons. The van der Waals surface area contributed by atoms with Gasteiger partial charge in [-0.1, -0.05) is 13.8 Å². The molecule has 1 fully saturated rings. The molecule has 12 heavy (non-hydrogen) atoms. The molecule has 0 aliphatic heterocycles. The standard InChI is InChI=1S/C8H15N3S/c1-8(2)4-3-6(5-8)10-11-7(9)12/h3-5H2,1-2H3,(H3,9,11,12)/b10-6-. The minimum absolute atomic E-state index is 0.243. The summed E-state index contributed by atoms with van der Waals surface area (Å²) >= 11 is 4.65. The molecule has 4 heteroatoms. The van der Waals surface area contributed by atoms with Crippen LogP contribution in [-0.2, 0) is 0 Å². The van der Waals surface area contributed by atoms with Gasteiger partial charge in [0, 0.05) is 5.71 Å². The lowest BCUT2D eigenvalue weighted by Gasteiger charge is -2.13. The number of nitrogens with zero attached hydrogens (tertiary/aromatic N) is 1. The molecule has 0 unspecified atom stereocenters. The third-order valence-electron chi connectivity index (χ3n) is 2.10. The second-order valence-electron chi connectivity index (χ2n) is 4.00. The first kappa shape index (κ1) is 9.45. The molecule has 0 saturated heterocycles. The highest BCUT2D eigenvalue weighted by Crippen LogP contribution is 2.34. The van der Waals surface area contributed by atoms with E-state index in [1.54, 1.807) is 0 Å². The average molecular weight is 185 g/mol. The molecular formula is C8H15N3S. The molecule has 0 atom stereocenters. The van der Waals surface area contributed by atoms with Crippen molar-refractivity contribution in [3.05, 3.63) is 0 Å². The fourth-order valence-corrected chi connectivity index (χ4v) is 1.49. The largest absolute Gasteiger partial charge is 0.375 e. The van der Waals surface area contributed by atoms with E-state index in [1.165, 1.54) is 12.1 Å². The van der Waals surface area contributed by atoms with Gasteiger partial charge in [0.15, 0.2) is 5.11 Å². The number of rotatable bonds is 1. The van der Waals surface area contributed by atoms with Crippen LogP contribution in [0.4, 0.5) is 0 Å². The molecule has 0 amide bonds. The number of thiocarbonyl (C=S) groups is 1. The summed E-state index contributed by atoms with van der Waals surface area (Å²) in [5, 5.41) is 4.36. The van der Waals surface area contributed by atoms with Crippen LogP contribution < -0.4 is 11.2 Å². The Morgan fingerprint density at radius 1 is 1.67 bits per heavy atom. The van der Waals surface area contributed by atoms with E-state index in [-0.39, 0.29) is 5.11 Å². The van der Waals surface area contributed by atoms with E-state index in [0.29, 0.717) is 5.41 Å². The fraction of sp³-hybridized carbons (Fsp3) is 0.750. The van der Waals surface area contributed by atoms with Gasteiger partial charge in [-0.15, -0.1) is 0 Å². The topological polar surface area (TPSA) is 50.4 Å². The molecule has 3 N–H and O–H groups in total. The molecule has 0 aromatic rings. The average Bonchev–Trinajstić information content (AvgIpc) is 2.26. The molecule has 0 bridgehead atoms. The van der Waals surface area contributed by atoms with Crippen molar-refractivity contribution in [2.75, 3.05) is 0 Å². The zero-order valence-electron chi connectivity index (χ0n) is 7.55. The van der Waals surface area contributed by atoms with Crippen LogP contribution in [0.15, 0.2) is 5.10 Å². The second kappa shape index (κ2) is 3.39. The van der Waals surface area contributed by atoms with Crippen molar-refractivity contribution >= 4 is 23.0 Å². The SMILES string of the molecule is CC1(C)CC/C(=N/NC(N)=S)C1. The zero-order valence-corrected chi connectivity index (χ0v) is 8.37. The first-order valence-electron chi connectivity index (χ1n) is 4.10. The lowest BCUT2D eigenvalue weighted by molar-refractivity contribution is 0.393. The van der Waals surface area contributed by atoms with Gasteiger partial charge < -0.3 is 5.73 Å². The number of nitrogens with two attached hydrogens (primary N) is 1. The van der Waals surface area contributed by atoms with Gasteiger partial charge in [0.1, 0.15) is 0 Å². The molecule has 0 spiro atoms. The van der Waals surface area contributed by atoms with Crippen molar-refractivity contribution in [2.45, 2.75) is 33.1 Å². The minimum atomic E-state index is 0.243. The van der Waals surface area contributed by atoms with E-state index in [2.05, 4.69) is 36.6 Å². The van der Waals surface area contributed by atoms with Crippen molar-refractivity contribution in [2.24, 2.45) is 16.3 Å². The molecule has 0 aromatic heterocycles. The van der Waals surface area contributed by atoms with Crippen molar-refractivity contribution in [1.82, 2.24) is 5.43 Å². The predicted octanol–water partition coefficient (Wildman–Crippen LogP) is 1.39. The molecule has 0 heterocycles. The molecule has 1 saturated carbocycles. The maximum absolute atomic E-state index is 5.25. The van der Waals surface area contributed by atoms with Gasteiger partial charge in [-0.25, -0.2) is 0 Å². The van der Waals surface area contributed by atoms with Gasteiger partial charge in [0.05, 0.1) is 0 Å². The minimum Gasteiger partial charge on any atom is -0.375 e. The van der Waals surface area contributed by atoms with E-state index < -0.39 is 0 Å². The van der Waals surface area contributed by atoms with Crippen LogP contribution in [-0.4, -0.2) is 10.8 Å². The van der Waals surface area contributed by atoms with E-state index >= 15 is 0 Å². The quantitative estimate of drug-likeness (QED) is 0.479. The molecule has 1 rings (SSSR count). The maximum Gasteiger partial charge on any atom is 0.184 e. The third kappa shape index (κ3) is 2.77. The summed E-state index contributed by atoms with van der Waals surface area (Å²) in [5.41, 5.74) is 9.45. The third-order valence-corrected chi connectivity index (χ3v) is 2.19. The molecule has 1 aliphatic rings. The predicted molar refractivity (Wildman–Crippen MR) is 55.0 cm³/mol. The van der Waals surface area contributed by atoms with Gasteiger partial charge in [-0.3, -0.25) is 5.43 Å². The molecule has 0 aromatic carbocycles. The van der Waals surface area contributed by atoms with Crippen LogP contribution in [0.5, 0.6) is 0 Å². The lowest BCUT2D eigenvalue weighted by Crippen LogP contribution is -2.25. The second-order valence-corrected chi connectivity index (χ2v) is 4.43. The Bertz CT molecular complexity index is 220. The Kier molecular flexibility index (Phi) is 2.67. The van der Waals surface area contributed by atoms with Crippen molar-refractivity contribution in [3.8, 4) is 0 Å². The fourth-order valence-electron chi connectivity index (χ4n) is 1.44. The lowest BCUT2D eigenvalue weighted by atomic mass is 9.92. The van der Waals surface area contributed by atoms with Gasteiger partial charge >= 0.3 is 0 Å². The number of hydrazone groups is 1. The van der Waals surface area contributed by atoms with Crippen LogP contribution in [0, 0.1) is 5.41 Å². The Morgan fingerprint density at radius 3 is 2.75 bits per heavy atom. The van der Waals surface area contributed by atoms with E-state index in [0.717, 1.165) is 12.8 Å². The molecule has 68 valence electrons. The highest BCUT2D eigenvalue weighted by molar-refractivity contribution is 7.80. The van der Waals surface area contributed by atoms with Crippen LogP contribution in [0.2, 0.25) is 0 Å². The van der Waals surface area contributed by atoms with Crippen LogP contribution in [0.1, 0.15) is 33.1 Å². The summed E-state index contributed by atoms with van der Waals surface area (Å²) in [6, 6.07) is 0. The molecule has 1 aliphatic carbocycles. The Morgan fingerprint density at radius 2 is 2.33 bits per heavy atom. The van der Waals surface area contributed by atoms with Crippen molar-refractivity contribution in [1.29, 1.82) is 0 Å². The van der Waals surface area contributed by atoms with Gasteiger partial charge in [0.2, 0.25) is 0 Å². The number of nitrogens with one attached hydrogen (secondary N) is 1. The first-order chi connectivity index (χ1) is 5.49. The Balaban J connectivity index is 2.46. The molecule has 3 nitrogen and oxygen atoms in total. The Labute approximate surface area is 78.4 Å². The van der Waals surface area contributed by atoms with Crippen LogP contribution in [0.3, 0.4) is 0 Å². The summed E-state index contributed by atoms with van der Waals surface area (Å²) in [6.45, 7) is 4.49. The Hall–Kier alpha value is -0.640. The van der Waals surface area contributed by atoms with E-state index in [1.807, 2.05) is 0 Å². The van der Waals surface area contributed by atoms with Gasteiger partial charge in [0.25, 0.3) is 0 Å². The highest BCUT2D eigenvalue weighted by Gasteiger charge is 2.27. The summed E-state index contributed by atoms with van der Waals surface area (Å²) in [5.74, 6) is 0. The van der Waals surface area contributed by atoms with Crippen molar-refractivity contribution < 1.29 is 0 Å². The van der Waals surface area contributed by atoms with E-state index in [9.17, 15) is 0 Å². The summed E-state index contributed by atoms with van der Waals surface area (Å²) < 4.78 is 0. The van der Waals surface area contributed by atoms with Gasteiger partial charge in [-0.05, 0) is 36.9 Å². The smallest absolute Gasteiger partial charge is 0.184 e. The summed E-state index contributed by atoms with van der Waals surface area (Å²) in [4.78, 5) is 0. The summed E-state index contributed by atoms with van der Waals surface area (Å²) in [7, 11) is 0. The summed E-state index contributed by atoms with van der Waals surface area (Å²) in [6.07, 6.45) is 3.30. The van der Waals surface area contributed by atoms with Crippen LogP contribution >= 0.6 is 12.2 Å². The van der Waals surface area contributed by atoms with Crippen LogP contribution in [0.25, 0.3) is 0 Å². The number of hydrogen-bond donors (Lipinski definition) is 2. The zero-order chi connectivity index (χ0) is 9.19. The van der Waals surface area contributed by atoms with Crippen molar-refractivity contribution in [3.63, 3.8) is 0 Å². The number of hydrogen-bond acceptors (Lipinski definition) is 2. The first-order valence-corrected chi connectivity index (χ1v) is 4.51. The maximum atomic E-state index is 5.25. The highest BCUT2D eigenvalue weighted by atomic mass is 32.1.